The van der Waals surface area contributed by atoms with Crippen LogP contribution in [0.15, 0.2) is 18.5 Å². The topological polar surface area (TPSA) is 54.0 Å². The summed E-state index contributed by atoms with van der Waals surface area (Å²) in [6.07, 6.45) is 5.29. The Balaban J connectivity index is 2.61. The molecule has 0 radical (unpaired) electrons. The third kappa shape index (κ3) is 5.73. The van der Waals surface area contributed by atoms with Crippen molar-refractivity contribution in [1.82, 2.24) is 10.3 Å². The molecular formula is C15H25N3O. The zero-order valence-corrected chi connectivity index (χ0v) is 12.4. The SMILES string of the molecule is CCCNc1ccncc1C(=O)NCCC(C)(C)C. The van der Waals surface area contributed by atoms with Crippen LogP contribution in [-0.2, 0) is 0 Å². The highest BCUT2D eigenvalue weighted by Crippen LogP contribution is 2.18. The summed E-state index contributed by atoms with van der Waals surface area (Å²) >= 11 is 0. The van der Waals surface area contributed by atoms with Crippen LogP contribution in [0.1, 0.15) is 50.9 Å². The molecule has 0 bridgehead atoms. The van der Waals surface area contributed by atoms with Crippen LogP contribution < -0.4 is 10.6 Å². The molecule has 0 saturated heterocycles. The number of anilines is 1. The van der Waals surface area contributed by atoms with Crippen molar-refractivity contribution in [1.29, 1.82) is 0 Å². The number of pyridine rings is 1. The Morgan fingerprint density at radius 3 is 2.68 bits per heavy atom. The second kappa shape index (κ2) is 7.12. The first-order valence-corrected chi connectivity index (χ1v) is 6.90. The van der Waals surface area contributed by atoms with E-state index >= 15 is 0 Å². The molecule has 106 valence electrons. The molecule has 0 saturated carbocycles. The van der Waals surface area contributed by atoms with Crippen LogP contribution in [0, 0.1) is 5.41 Å². The first kappa shape index (κ1) is 15.5. The number of hydrogen-bond donors (Lipinski definition) is 2. The van der Waals surface area contributed by atoms with Crippen LogP contribution >= 0.6 is 0 Å². The van der Waals surface area contributed by atoms with E-state index in [1.165, 1.54) is 0 Å². The molecule has 1 heterocycles. The Morgan fingerprint density at radius 1 is 1.32 bits per heavy atom. The van der Waals surface area contributed by atoms with Gasteiger partial charge in [0.15, 0.2) is 0 Å². The molecule has 2 N–H and O–H groups in total. The zero-order valence-electron chi connectivity index (χ0n) is 12.4. The number of carbonyl (C=O) groups is 1. The van der Waals surface area contributed by atoms with E-state index in [1.807, 2.05) is 6.07 Å². The van der Waals surface area contributed by atoms with Crippen molar-refractivity contribution in [3.8, 4) is 0 Å². The largest absolute Gasteiger partial charge is 0.384 e. The van der Waals surface area contributed by atoms with Gasteiger partial charge in [0.1, 0.15) is 0 Å². The summed E-state index contributed by atoms with van der Waals surface area (Å²) in [5.41, 5.74) is 1.70. The van der Waals surface area contributed by atoms with E-state index in [0.717, 1.165) is 25.1 Å². The highest BCUT2D eigenvalue weighted by Gasteiger charge is 2.13. The van der Waals surface area contributed by atoms with Gasteiger partial charge in [-0.05, 0) is 24.3 Å². The van der Waals surface area contributed by atoms with Crippen molar-refractivity contribution in [2.45, 2.75) is 40.5 Å². The van der Waals surface area contributed by atoms with Gasteiger partial charge in [-0.15, -0.1) is 0 Å². The van der Waals surface area contributed by atoms with Gasteiger partial charge in [0, 0.05) is 25.5 Å². The maximum atomic E-state index is 12.1. The van der Waals surface area contributed by atoms with Gasteiger partial charge in [-0.1, -0.05) is 27.7 Å². The first-order valence-electron chi connectivity index (χ1n) is 6.90. The number of nitrogens with one attached hydrogen (secondary N) is 2. The van der Waals surface area contributed by atoms with Crippen molar-refractivity contribution in [3.63, 3.8) is 0 Å². The molecule has 19 heavy (non-hydrogen) atoms. The molecule has 4 nitrogen and oxygen atoms in total. The van der Waals surface area contributed by atoms with Gasteiger partial charge in [0.05, 0.1) is 11.3 Å². The Morgan fingerprint density at radius 2 is 2.05 bits per heavy atom. The minimum atomic E-state index is -0.0593. The predicted octanol–water partition coefficient (Wildman–Crippen LogP) is 3.07. The van der Waals surface area contributed by atoms with Crippen molar-refractivity contribution >= 4 is 11.6 Å². The van der Waals surface area contributed by atoms with Crippen molar-refractivity contribution in [2.24, 2.45) is 5.41 Å². The van der Waals surface area contributed by atoms with E-state index in [0.29, 0.717) is 12.1 Å². The molecule has 1 rings (SSSR count). The normalized spacial score (nSPS) is 11.2. The highest BCUT2D eigenvalue weighted by molar-refractivity contribution is 5.99. The third-order valence-electron chi connectivity index (χ3n) is 2.79. The molecule has 0 aliphatic heterocycles. The fourth-order valence-corrected chi connectivity index (χ4v) is 1.64. The maximum absolute atomic E-state index is 12.1. The van der Waals surface area contributed by atoms with E-state index in [-0.39, 0.29) is 11.3 Å². The van der Waals surface area contributed by atoms with Crippen LogP contribution in [0.2, 0.25) is 0 Å². The van der Waals surface area contributed by atoms with Gasteiger partial charge in [0.25, 0.3) is 5.91 Å². The van der Waals surface area contributed by atoms with E-state index < -0.39 is 0 Å². The molecule has 0 aromatic carbocycles. The third-order valence-corrected chi connectivity index (χ3v) is 2.79. The monoisotopic (exact) mass is 263 g/mol. The average Bonchev–Trinajstić information content (AvgIpc) is 2.35. The molecule has 1 aromatic heterocycles. The van der Waals surface area contributed by atoms with E-state index in [1.54, 1.807) is 12.4 Å². The summed E-state index contributed by atoms with van der Waals surface area (Å²) in [4.78, 5) is 16.2. The van der Waals surface area contributed by atoms with Crippen LogP contribution in [0.25, 0.3) is 0 Å². The van der Waals surface area contributed by atoms with Crippen molar-refractivity contribution in [3.05, 3.63) is 24.0 Å². The van der Waals surface area contributed by atoms with Gasteiger partial charge in [-0.25, -0.2) is 0 Å². The quantitative estimate of drug-likeness (QED) is 0.829. The average molecular weight is 263 g/mol. The van der Waals surface area contributed by atoms with Crippen LogP contribution in [-0.4, -0.2) is 24.0 Å². The molecule has 0 aliphatic rings. The predicted molar refractivity (Wildman–Crippen MR) is 79.4 cm³/mol. The molecule has 0 atom stereocenters. The number of nitrogens with zero attached hydrogens (tertiary/aromatic N) is 1. The molecule has 0 unspecified atom stereocenters. The fraction of sp³-hybridized carbons (Fsp3) is 0.600. The van der Waals surface area contributed by atoms with Gasteiger partial charge in [0.2, 0.25) is 0 Å². The molecule has 4 heteroatoms. The van der Waals surface area contributed by atoms with E-state index in [4.69, 9.17) is 0 Å². The summed E-state index contributed by atoms with van der Waals surface area (Å²) < 4.78 is 0. The van der Waals surface area contributed by atoms with Crippen LogP contribution in [0.4, 0.5) is 5.69 Å². The van der Waals surface area contributed by atoms with Crippen molar-refractivity contribution in [2.75, 3.05) is 18.4 Å². The number of amides is 1. The lowest BCUT2D eigenvalue weighted by atomic mass is 9.92. The summed E-state index contributed by atoms with van der Waals surface area (Å²) in [5, 5.41) is 6.20. The van der Waals surface area contributed by atoms with Gasteiger partial charge >= 0.3 is 0 Å². The molecule has 1 amide bonds. The Hall–Kier alpha value is -1.58. The Bertz CT molecular complexity index is 410. The van der Waals surface area contributed by atoms with Crippen molar-refractivity contribution < 1.29 is 4.79 Å². The zero-order chi connectivity index (χ0) is 14.3. The lowest BCUT2D eigenvalue weighted by molar-refractivity contribution is 0.0950. The molecule has 0 spiro atoms. The molecule has 0 aliphatic carbocycles. The highest BCUT2D eigenvalue weighted by atomic mass is 16.1. The van der Waals surface area contributed by atoms with E-state index in [2.05, 4.69) is 43.3 Å². The number of rotatable bonds is 6. The standard InChI is InChI=1S/C15H25N3O/c1-5-8-17-13-6-9-16-11-12(13)14(19)18-10-7-15(2,3)4/h6,9,11H,5,7-8,10H2,1-4H3,(H,16,17)(H,18,19). The fourth-order valence-electron chi connectivity index (χ4n) is 1.64. The lowest BCUT2D eigenvalue weighted by Gasteiger charge is -2.18. The summed E-state index contributed by atoms with van der Waals surface area (Å²) in [7, 11) is 0. The lowest BCUT2D eigenvalue weighted by Crippen LogP contribution is -2.28. The van der Waals surface area contributed by atoms with E-state index in [9.17, 15) is 4.79 Å². The minimum Gasteiger partial charge on any atom is -0.384 e. The summed E-state index contributed by atoms with van der Waals surface area (Å²) in [6, 6.07) is 1.84. The van der Waals surface area contributed by atoms with Crippen LogP contribution in [0.3, 0.4) is 0 Å². The Labute approximate surface area is 116 Å². The molecule has 0 fully saturated rings. The second-order valence-corrected chi connectivity index (χ2v) is 5.91. The second-order valence-electron chi connectivity index (χ2n) is 5.91. The first-order chi connectivity index (χ1) is 8.94. The summed E-state index contributed by atoms with van der Waals surface area (Å²) in [5.74, 6) is -0.0593. The number of hydrogen-bond acceptors (Lipinski definition) is 3. The smallest absolute Gasteiger partial charge is 0.254 e. The van der Waals surface area contributed by atoms with Gasteiger partial charge in [-0.2, -0.15) is 0 Å². The Kier molecular flexibility index (Phi) is 5.80. The number of carbonyl (C=O) groups excluding carboxylic acids is 1. The number of aromatic nitrogens is 1. The molecular weight excluding hydrogens is 238 g/mol. The van der Waals surface area contributed by atoms with Crippen LogP contribution in [0.5, 0.6) is 0 Å². The minimum absolute atomic E-state index is 0.0593. The van der Waals surface area contributed by atoms with Gasteiger partial charge < -0.3 is 10.6 Å². The summed E-state index contributed by atoms with van der Waals surface area (Å²) in [6.45, 7) is 10.1. The van der Waals surface area contributed by atoms with Gasteiger partial charge in [-0.3, -0.25) is 9.78 Å². The molecule has 1 aromatic rings. The maximum Gasteiger partial charge on any atom is 0.254 e.